The molecule has 0 fully saturated rings. The van der Waals surface area contributed by atoms with Crippen LogP contribution < -0.4 is 20.1 Å². The first-order valence-corrected chi connectivity index (χ1v) is 9.99. The number of primary amides is 1. The van der Waals surface area contributed by atoms with Crippen LogP contribution in [-0.4, -0.2) is 40.4 Å². The number of nitrogens with two attached hydrogens (primary N) is 1. The Kier molecular flexibility index (Phi) is 6.63. The zero-order valence-corrected chi connectivity index (χ0v) is 16.7. The third-order valence-corrected chi connectivity index (χ3v) is 5.83. The molecule has 0 atom stereocenters. The molecule has 0 aliphatic heterocycles. The molecule has 2 rings (SSSR count). The first-order valence-electron chi connectivity index (χ1n) is 8.55. The summed E-state index contributed by atoms with van der Waals surface area (Å²) in [7, 11) is -2.47. The molecule has 8 nitrogen and oxygen atoms in total. The fourth-order valence-corrected chi connectivity index (χ4v) is 3.71. The predicted molar refractivity (Wildman–Crippen MR) is 106 cm³/mol. The molecule has 0 aliphatic rings. The fraction of sp³-hybridized carbons (Fsp3) is 0.263. The second kappa shape index (κ2) is 8.75. The third kappa shape index (κ3) is 4.80. The Morgan fingerprint density at radius 3 is 2.36 bits per heavy atom. The zero-order valence-electron chi connectivity index (χ0n) is 15.9. The highest BCUT2D eigenvalue weighted by molar-refractivity contribution is 7.92. The van der Waals surface area contributed by atoms with Crippen LogP contribution >= 0.6 is 0 Å². The number of carbonyl (C=O) groups excluding carboxylic acids is 2. The van der Waals surface area contributed by atoms with Crippen molar-refractivity contribution in [1.29, 1.82) is 0 Å². The van der Waals surface area contributed by atoms with Gasteiger partial charge in [-0.1, -0.05) is 6.07 Å². The first kappa shape index (κ1) is 21.2. The van der Waals surface area contributed by atoms with Crippen molar-refractivity contribution in [2.75, 3.05) is 24.5 Å². The van der Waals surface area contributed by atoms with Crippen molar-refractivity contribution in [3.8, 4) is 5.75 Å². The molecule has 0 radical (unpaired) electrons. The van der Waals surface area contributed by atoms with E-state index in [0.29, 0.717) is 23.6 Å². The average Bonchev–Trinajstić information content (AvgIpc) is 2.66. The highest BCUT2D eigenvalue weighted by Gasteiger charge is 2.23. The SMILES string of the molecule is CCOc1ccc(N(C)S(=O)(=O)c2ccc(C)c(C(=O)NCC(N)=O)c2)cc1. The molecule has 0 unspecified atom stereocenters. The Hall–Kier alpha value is -3.07. The standard InChI is InChI=1S/C19H23N3O5S/c1-4-27-15-8-6-14(7-9-15)22(3)28(25,26)16-10-5-13(2)17(11-16)19(24)21-12-18(20)23/h5-11H,4,12H2,1-3H3,(H2,20,23)(H,21,24). The lowest BCUT2D eigenvalue weighted by atomic mass is 10.1. The second-order valence-electron chi connectivity index (χ2n) is 6.03. The first-order chi connectivity index (χ1) is 13.2. The molecule has 3 N–H and O–H groups in total. The molecule has 0 saturated carbocycles. The van der Waals surface area contributed by atoms with E-state index in [1.807, 2.05) is 6.92 Å². The van der Waals surface area contributed by atoms with Crippen molar-refractivity contribution in [3.05, 3.63) is 53.6 Å². The van der Waals surface area contributed by atoms with E-state index in [9.17, 15) is 18.0 Å². The maximum atomic E-state index is 13.0. The monoisotopic (exact) mass is 405 g/mol. The smallest absolute Gasteiger partial charge is 0.264 e. The summed E-state index contributed by atoms with van der Waals surface area (Å²) in [6.45, 7) is 3.71. The molecule has 2 amide bonds. The van der Waals surface area contributed by atoms with E-state index in [2.05, 4.69) is 5.32 Å². The van der Waals surface area contributed by atoms with Crippen molar-refractivity contribution in [2.24, 2.45) is 5.73 Å². The normalized spacial score (nSPS) is 11.0. The predicted octanol–water partition coefficient (Wildman–Crippen LogP) is 1.43. The molecule has 150 valence electrons. The van der Waals surface area contributed by atoms with Gasteiger partial charge in [-0.3, -0.25) is 13.9 Å². The fourth-order valence-electron chi connectivity index (χ4n) is 2.48. The van der Waals surface area contributed by atoms with Crippen LogP contribution in [0.4, 0.5) is 5.69 Å². The molecular weight excluding hydrogens is 382 g/mol. The van der Waals surface area contributed by atoms with Crippen LogP contribution in [0.25, 0.3) is 0 Å². The minimum absolute atomic E-state index is 0.0429. The average molecular weight is 405 g/mol. The highest BCUT2D eigenvalue weighted by Crippen LogP contribution is 2.25. The molecule has 2 aromatic rings. The van der Waals surface area contributed by atoms with Crippen LogP contribution in [0.2, 0.25) is 0 Å². The summed E-state index contributed by atoms with van der Waals surface area (Å²) in [4.78, 5) is 23.1. The molecule has 0 aliphatic carbocycles. The number of ether oxygens (including phenoxy) is 1. The molecule has 0 spiro atoms. The number of nitrogens with one attached hydrogen (secondary N) is 1. The largest absolute Gasteiger partial charge is 0.494 e. The Morgan fingerprint density at radius 1 is 1.14 bits per heavy atom. The molecule has 9 heteroatoms. The number of hydrogen-bond acceptors (Lipinski definition) is 5. The Morgan fingerprint density at radius 2 is 1.79 bits per heavy atom. The van der Waals surface area contributed by atoms with Crippen LogP contribution in [0.3, 0.4) is 0 Å². The Bertz CT molecular complexity index is 972. The lowest BCUT2D eigenvalue weighted by Gasteiger charge is -2.20. The maximum Gasteiger partial charge on any atom is 0.264 e. The summed E-state index contributed by atoms with van der Waals surface area (Å²) < 4.78 is 32.5. The minimum atomic E-state index is -3.90. The third-order valence-electron chi connectivity index (χ3n) is 4.05. The molecular formula is C19H23N3O5S. The van der Waals surface area contributed by atoms with Crippen LogP contribution in [-0.2, 0) is 14.8 Å². The second-order valence-corrected chi connectivity index (χ2v) is 7.99. The number of rotatable bonds is 8. The number of nitrogens with zero attached hydrogens (tertiary/aromatic N) is 1. The van der Waals surface area contributed by atoms with Gasteiger partial charge in [0.15, 0.2) is 0 Å². The van der Waals surface area contributed by atoms with Crippen molar-refractivity contribution >= 4 is 27.5 Å². The van der Waals surface area contributed by atoms with Crippen molar-refractivity contribution < 1.29 is 22.7 Å². The van der Waals surface area contributed by atoms with Crippen LogP contribution in [0, 0.1) is 6.92 Å². The lowest BCUT2D eigenvalue weighted by Crippen LogP contribution is -2.34. The maximum absolute atomic E-state index is 13.0. The number of anilines is 1. The van der Waals surface area contributed by atoms with E-state index in [4.69, 9.17) is 10.5 Å². The number of aryl methyl sites for hydroxylation is 1. The van der Waals surface area contributed by atoms with Crippen molar-refractivity contribution in [3.63, 3.8) is 0 Å². The van der Waals surface area contributed by atoms with Crippen molar-refractivity contribution in [1.82, 2.24) is 5.32 Å². The summed E-state index contributed by atoms with van der Waals surface area (Å²) in [5.74, 6) is -0.622. The Labute approximate surface area is 164 Å². The van der Waals surface area contributed by atoms with Crippen molar-refractivity contribution in [2.45, 2.75) is 18.7 Å². The van der Waals surface area contributed by atoms with Gasteiger partial charge in [-0.2, -0.15) is 0 Å². The number of amides is 2. The summed E-state index contributed by atoms with van der Waals surface area (Å²) in [5, 5.41) is 2.36. The van der Waals surface area contributed by atoms with Gasteiger partial charge in [0, 0.05) is 12.6 Å². The molecule has 0 aromatic heterocycles. The molecule has 0 bridgehead atoms. The highest BCUT2D eigenvalue weighted by atomic mass is 32.2. The lowest BCUT2D eigenvalue weighted by molar-refractivity contribution is -0.117. The number of sulfonamides is 1. The van der Waals surface area contributed by atoms with Gasteiger partial charge in [0.1, 0.15) is 5.75 Å². The van der Waals surface area contributed by atoms with E-state index in [1.54, 1.807) is 31.2 Å². The van der Waals surface area contributed by atoms with E-state index in [-0.39, 0.29) is 17.0 Å². The van der Waals surface area contributed by atoms with Gasteiger partial charge in [0.2, 0.25) is 5.91 Å². The van der Waals surface area contributed by atoms with Gasteiger partial charge >= 0.3 is 0 Å². The van der Waals surface area contributed by atoms with E-state index < -0.39 is 21.8 Å². The molecule has 0 saturated heterocycles. The topological polar surface area (TPSA) is 119 Å². The summed E-state index contributed by atoms with van der Waals surface area (Å²) >= 11 is 0. The van der Waals surface area contributed by atoms with E-state index in [1.165, 1.54) is 25.2 Å². The van der Waals surface area contributed by atoms with Gasteiger partial charge in [-0.15, -0.1) is 0 Å². The molecule has 0 heterocycles. The zero-order chi connectivity index (χ0) is 20.9. The summed E-state index contributed by atoms with van der Waals surface area (Å²) in [5.41, 5.74) is 6.20. The minimum Gasteiger partial charge on any atom is -0.494 e. The number of hydrogen-bond donors (Lipinski definition) is 2. The summed E-state index contributed by atoms with van der Waals surface area (Å²) in [6, 6.07) is 10.9. The molecule has 28 heavy (non-hydrogen) atoms. The van der Waals surface area contributed by atoms with E-state index >= 15 is 0 Å². The van der Waals surface area contributed by atoms with Gasteiger partial charge in [0.05, 0.1) is 23.7 Å². The van der Waals surface area contributed by atoms with Crippen LogP contribution in [0.5, 0.6) is 5.75 Å². The number of benzene rings is 2. The Balaban J connectivity index is 2.32. The molecule has 2 aromatic carbocycles. The summed E-state index contributed by atoms with van der Waals surface area (Å²) in [6.07, 6.45) is 0. The van der Waals surface area contributed by atoms with E-state index in [0.717, 1.165) is 4.31 Å². The van der Waals surface area contributed by atoms with Crippen LogP contribution in [0.15, 0.2) is 47.4 Å². The quantitative estimate of drug-likeness (QED) is 0.689. The number of carbonyl (C=O) groups is 2. The van der Waals surface area contributed by atoms with Gasteiger partial charge in [-0.25, -0.2) is 8.42 Å². The van der Waals surface area contributed by atoms with Crippen LogP contribution in [0.1, 0.15) is 22.8 Å². The van der Waals surface area contributed by atoms with Gasteiger partial charge in [-0.05, 0) is 55.8 Å². The van der Waals surface area contributed by atoms with Gasteiger partial charge < -0.3 is 15.8 Å². The van der Waals surface area contributed by atoms with Gasteiger partial charge in [0.25, 0.3) is 15.9 Å².